The highest BCUT2D eigenvalue weighted by Crippen LogP contribution is 2.27. The van der Waals surface area contributed by atoms with Gasteiger partial charge in [-0.2, -0.15) is 0 Å². The summed E-state index contributed by atoms with van der Waals surface area (Å²) in [6.07, 6.45) is 10.9. The predicted molar refractivity (Wildman–Crippen MR) is 106 cm³/mol. The van der Waals surface area contributed by atoms with Gasteiger partial charge in [-0.05, 0) is 49.2 Å². The summed E-state index contributed by atoms with van der Waals surface area (Å²) in [6, 6.07) is 11.5. The number of benzene rings is 1. The third-order valence-electron chi connectivity index (χ3n) is 5.76. The van der Waals surface area contributed by atoms with Gasteiger partial charge in [-0.15, -0.1) is 0 Å². The second kappa shape index (κ2) is 9.40. The van der Waals surface area contributed by atoms with Crippen molar-refractivity contribution in [2.45, 2.75) is 58.0 Å². The highest BCUT2D eigenvalue weighted by molar-refractivity contribution is 5.79. The predicted octanol–water partition coefficient (Wildman–Crippen LogP) is 4.95. The molecule has 1 atom stereocenters. The molecule has 1 aromatic carbocycles. The maximum Gasteiger partial charge on any atom is 0.0641 e. The van der Waals surface area contributed by atoms with Crippen molar-refractivity contribution in [3.63, 3.8) is 0 Å². The molecule has 138 valence electrons. The second-order valence-electron chi connectivity index (χ2n) is 7.74. The van der Waals surface area contributed by atoms with Crippen LogP contribution in [0.25, 0.3) is 10.9 Å². The van der Waals surface area contributed by atoms with E-state index >= 15 is 0 Å². The van der Waals surface area contributed by atoms with Gasteiger partial charge in [0, 0.05) is 38.0 Å². The number of aromatic nitrogens is 1. The van der Waals surface area contributed by atoms with Crippen LogP contribution in [0.4, 0.5) is 0 Å². The molecule has 2 aromatic rings. The van der Waals surface area contributed by atoms with Crippen molar-refractivity contribution in [1.82, 2.24) is 9.47 Å². The van der Waals surface area contributed by atoms with Crippen LogP contribution in [0.5, 0.6) is 0 Å². The van der Waals surface area contributed by atoms with Crippen LogP contribution in [0.2, 0.25) is 0 Å². The molecule has 3 heteroatoms. The minimum atomic E-state index is 0.763. The van der Waals surface area contributed by atoms with E-state index in [0.717, 1.165) is 25.1 Å². The first-order valence-corrected chi connectivity index (χ1v) is 10.0. The third kappa shape index (κ3) is 5.08. The maximum absolute atomic E-state index is 5.04. The van der Waals surface area contributed by atoms with E-state index in [-0.39, 0.29) is 0 Å². The summed E-state index contributed by atoms with van der Waals surface area (Å²) < 4.78 is 7.25. The molecule has 2 fully saturated rings. The molecule has 2 aliphatic rings. The fourth-order valence-corrected chi connectivity index (χ4v) is 4.27. The lowest BCUT2D eigenvalue weighted by atomic mass is 9.94. The van der Waals surface area contributed by atoms with E-state index in [0.29, 0.717) is 0 Å². The van der Waals surface area contributed by atoms with Crippen LogP contribution in [-0.2, 0) is 11.3 Å². The molecule has 4 rings (SSSR count). The van der Waals surface area contributed by atoms with Gasteiger partial charge in [-0.3, -0.25) is 0 Å². The average molecular weight is 343 g/mol. The topological polar surface area (TPSA) is 17.4 Å². The highest BCUT2D eigenvalue weighted by atomic mass is 16.5. The molecule has 0 radical (unpaired) electrons. The molecular formula is C22H34N2O. The summed E-state index contributed by atoms with van der Waals surface area (Å²) in [4.78, 5) is 2.74. The van der Waals surface area contributed by atoms with Crippen LogP contribution >= 0.6 is 0 Å². The minimum absolute atomic E-state index is 0.763. The molecule has 0 N–H and O–H groups in total. The largest absolute Gasteiger partial charge is 0.383 e. The summed E-state index contributed by atoms with van der Waals surface area (Å²) in [5.41, 5.74) is 1.28. The van der Waals surface area contributed by atoms with Crippen molar-refractivity contribution < 1.29 is 4.74 Å². The van der Waals surface area contributed by atoms with E-state index in [4.69, 9.17) is 4.74 Å². The first kappa shape index (κ1) is 18.5. The number of hydrogen-bond donors (Lipinski definition) is 0. The number of likely N-dealkylation sites (tertiary alicyclic amines) is 1. The van der Waals surface area contributed by atoms with Crippen LogP contribution < -0.4 is 0 Å². The van der Waals surface area contributed by atoms with Crippen molar-refractivity contribution in [2.75, 3.05) is 26.8 Å². The van der Waals surface area contributed by atoms with Crippen molar-refractivity contribution in [2.24, 2.45) is 5.92 Å². The molecule has 0 spiro atoms. The molecule has 1 aliphatic heterocycles. The van der Waals surface area contributed by atoms with Crippen molar-refractivity contribution in [1.29, 1.82) is 0 Å². The molecule has 0 bridgehead atoms. The number of fused-ring (bicyclic) bond motifs is 1. The van der Waals surface area contributed by atoms with Gasteiger partial charge in [-0.25, -0.2) is 0 Å². The number of rotatable bonds is 4. The average Bonchev–Trinajstić information content (AvgIpc) is 3.28. The molecule has 1 aromatic heterocycles. The monoisotopic (exact) mass is 342 g/mol. The van der Waals surface area contributed by atoms with E-state index in [1.165, 1.54) is 62.5 Å². The zero-order valence-corrected chi connectivity index (χ0v) is 16.0. The number of methoxy groups -OCH3 is 1. The normalized spacial score (nSPS) is 22.1. The molecule has 2 heterocycles. The summed E-state index contributed by atoms with van der Waals surface area (Å²) in [5.74, 6) is 0.965. The molecule has 1 saturated carbocycles. The summed E-state index contributed by atoms with van der Waals surface area (Å²) in [7, 11) is 1.73. The van der Waals surface area contributed by atoms with E-state index in [2.05, 4.69) is 52.9 Å². The SMILES string of the molecule is CC1CCN(C2CCCCC2)C1.COCCn1ccc2ccccc21. The van der Waals surface area contributed by atoms with E-state index in [1.54, 1.807) is 7.11 Å². The second-order valence-corrected chi connectivity index (χ2v) is 7.74. The molecule has 0 amide bonds. The third-order valence-corrected chi connectivity index (χ3v) is 5.76. The molecule has 3 nitrogen and oxygen atoms in total. The molecular weight excluding hydrogens is 308 g/mol. The smallest absolute Gasteiger partial charge is 0.0641 e. The number of nitrogens with zero attached hydrogens (tertiary/aromatic N) is 2. The van der Waals surface area contributed by atoms with Crippen LogP contribution in [0.1, 0.15) is 45.4 Å². The van der Waals surface area contributed by atoms with Gasteiger partial charge < -0.3 is 14.2 Å². The minimum Gasteiger partial charge on any atom is -0.383 e. The Morgan fingerprint density at radius 3 is 2.56 bits per heavy atom. The summed E-state index contributed by atoms with van der Waals surface area (Å²) in [5, 5.41) is 1.29. The lowest BCUT2D eigenvalue weighted by Gasteiger charge is -2.30. The fourth-order valence-electron chi connectivity index (χ4n) is 4.27. The summed E-state index contributed by atoms with van der Waals surface area (Å²) in [6.45, 7) is 6.84. The molecule has 25 heavy (non-hydrogen) atoms. The van der Waals surface area contributed by atoms with Gasteiger partial charge in [0.2, 0.25) is 0 Å². The Labute approximate surface area is 153 Å². The molecule has 1 aliphatic carbocycles. The van der Waals surface area contributed by atoms with Crippen molar-refractivity contribution in [3.05, 3.63) is 36.5 Å². The van der Waals surface area contributed by atoms with Gasteiger partial charge in [0.1, 0.15) is 0 Å². The zero-order chi connectivity index (χ0) is 17.5. The maximum atomic E-state index is 5.04. The Balaban J connectivity index is 0.000000146. The van der Waals surface area contributed by atoms with Crippen LogP contribution in [0.3, 0.4) is 0 Å². The van der Waals surface area contributed by atoms with Crippen molar-refractivity contribution >= 4 is 10.9 Å². The van der Waals surface area contributed by atoms with E-state index < -0.39 is 0 Å². The zero-order valence-electron chi connectivity index (χ0n) is 16.0. The fraction of sp³-hybridized carbons (Fsp3) is 0.636. The van der Waals surface area contributed by atoms with Crippen molar-refractivity contribution in [3.8, 4) is 0 Å². The lowest BCUT2D eigenvalue weighted by Crippen LogP contribution is -2.34. The van der Waals surface area contributed by atoms with Gasteiger partial charge >= 0.3 is 0 Å². The van der Waals surface area contributed by atoms with Gasteiger partial charge in [0.25, 0.3) is 0 Å². The van der Waals surface area contributed by atoms with E-state index in [9.17, 15) is 0 Å². The Kier molecular flexibility index (Phi) is 6.94. The molecule has 1 saturated heterocycles. The van der Waals surface area contributed by atoms with E-state index in [1.807, 2.05) is 0 Å². The van der Waals surface area contributed by atoms with Crippen LogP contribution in [0.15, 0.2) is 36.5 Å². The first-order chi connectivity index (χ1) is 12.3. The Morgan fingerprint density at radius 2 is 1.84 bits per heavy atom. The Morgan fingerprint density at radius 1 is 1.04 bits per heavy atom. The Bertz CT molecular complexity index is 627. The van der Waals surface area contributed by atoms with Crippen LogP contribution in [0, 0.1) is 5.92 Å². The summed E-state index contributed by atoms with van der Waals surface area (Å²) >= 11 is 0. The number of ether oxygens (including phenoxy) is 1. The van der Waals surface area contributed by atoms with Crippen LogP contribution in [-0.4, -0.2) is 42.3 Å². The number of para-hydroxylation sites is 1. The van der Waals surface area contributed by atoms with Gasteiger partial charge in [0.15, 0.2) is 0 Å². The number of hydrogen-bond acceptors (Lipinski definition) is 2. The van der Waals surface area contributed by atoms with Gasteiger partial charge in [0.05, 0.1) is 6.61 Å². The highest BCUT2D eigenvalue weighted by Gasteiger charge is 2.26. The molecule has 1 unspecified atom stereocenters. The quantitative estimate of drug-likeness (QED) is 0.782. The standard InChI is InChI=1S/C11H13NO.C11H21N/c1-13-9-8-12-7-6-10-4-2-3-5-11(10)12;1-10-7-8-12(9-10)11-5-3-2-4-6-11/h2-7H,8-9H2,1H3;10-11H,2-9H2,1H3. The lowest BCUT2D eigenvalue weighted by molar-refractivity contribution is 0.186. The first-order valence-electron chi connectivity index (χ1n) is 10.0. The Hall–Kier alpha value is -1.32. The van der Waals surface area contributed by atoms with Gasteiger partial charge in [-0.1, -0.05) is 44.4 Å².